The second-order valence-corrected chi connectivity index (χ2v) is 13.1. The number of fused-ring (bicyclic) bond motifs is 10. The molecular formula is C47H28N2O2. The maximum Gasteiger partial charge on any atom is 0.145 e. The van der Waals surface area contributed by atoms with E-state index in [0.29, 0.717) is 0 Å². The van der Waals surface area contributed by atoms with Gasteiger partial charge in [-0.15, -0.1) is 0 Å². The van der Waals surface area contributed by atoms with Gasteiger partial charge in [-0.05, 0) is 72.3 Å². The van der Waals surface area contributed by atoms with E-state index in [1.165, 1.54) is 5.39 Å². The van der Waals surface area contributed by atoms with Crippen LogP contribution in [0.2, 0.25) is 0 Å². The molecule has 7 aromatic carbocycles. The molecule has 0 saturated carbocycles. The first-order valence-electron chi connectivity index (χ1n) is 17.2. The van der Waals surface area contributed by atoms with Crippen molar-refractivity contribution in [1.29, 1.82) is 0 Å². The van der Waals surface area contributed by atoms with Gasteiger partial charge >= 0.3 is 0 Å². The number of furan rings is 2. The van der Waals surface area contributed by atoms with E-state index >= 15 is 0 Å². The molecule has 4 heterocycles. The standard InChI is InChI=1S/C47H28N2O2/c1-3-12-29(13-4-1)39-27-31(28-40(48-39)30-22-25-44-38(26-30)34-16-8-10-21-43(34)50-44)33-18-11-19-35-36-23-24-42-45(47(36)51-46(33)35)37-17-7-9-20-41(37)49(42)32-14-5-2-6-15-32/h1-28H. The highest BCUT2D eigenvalue weighted by Crippen LogP contribution is 2.44. The van der Waals surface area contributed by atoms with Crippen molar-refractivity contribution < 1.29 is 8.83 Å². The number of para-hydroxylation sites is 4. The van der Waals surface area contributed by atoms with Crippen LogP contribution in [0.1, 0.15) is 0 Å². The number of nitrogens with zero attached hydrogens (tertiary/aromatic N) is 2. The average molecular weight is 653 g/mol. The van der Waals surface area contributed by atoms with Crippen LogP contribution in [-0.2, 0) is 0 Å². The van der Waals surface area contributed by atoms with E-state index in [9.17, 15) is 0 Å². The quantitative estimate of drug-likeness (QED) is 0.190. The molecule has 4 aromatic heterocycles. The Hall–Kier alpha value is -6.91. The van der Waals surface area contributed by atoms with E-state index in [0.717, 1.165) is 99.6 Å². The lowest BCUT2D eigenvalue weighted by molar-refractivity contribution is 0.669. The van der Waals surface area contributed by atoms with Crippen LogP contribution in [0.5, 0.6) is 0 Å². The smallest absolute Gasteiger partial charge is 0.145 e. The van der Waals surface area contributed by atoms with Crippen LogP contribution in [0.25, 0.3) is 105 Å². The number of benzene rings is 7. The molecule has 0 aliphatic carbocycles. The van der Waals surface area contributed by atoms with Gasteiger partial charge in [0.15, 0.2) is 0 Å². The van der Waals surface area contributed by atoms with Crippen LogP contribution in [0.4, 0.5) is 0 Å². The Labute approximate surface area is 292 Å². The Bertz CT molecular complexity index is 3130. The molecular weight excluding hydrogens is 625 g/mol. The molecule has 11 rings (SSSR count). The topological polar surface area (TPSA) is 44.1 Å². The molecule has 0 bridgehead atoms. The third-order valence-corrected chi connectivity index (χ3v) is 10.2. The summed E-state index contributed by atoms with van der Waals surface area (Å²) in [6.45, 7) is 0. The average Bonchev–Trinajstić information content (AvgIpc) is 3.87. The predicted octanol–water partition coefficient (Wildman–Crippen LogP) is 13.0. The van der Waals surface area contributed by atoms with E-state index < -0.39 is 0 Å². The minimum Gasteiger partial charge on any atom is -0.456 e. The Balaban J connectivity index is 1.17. The summed E-state index contributed by atoms with van der Waals surface area (Å²) in [5.41, 5.74) is 12.9. The molecule has 11 aromatic rings. The first-order valence-corrected chi connectivity index (χ1v) is 17.2. The number of pyridine rings is 1. The Kier molecular flexibility index (Phi) is 5.92. The van der Waals surface area contributed by atoms with Crippen molar-refractivity contribution >= 4 is 65.7 Å². The van der Waals surface area contributed by atoms with Crippen LogP contribution in [0, 0.1) is 0 Å². The van der Waals surface area contributed by atoms with Crippen molar-refractivity contribution in [2.24, 2.45) is 0 Å². The molecule has 51 heavy (non-hydrogen) atoms. The molecule has 238 valence electrons. The molecule has 0 unspecified atom stereocenters. The van der Waals surface area contributed by atoms with Crippen molar-refractivity contribution in [1.82, 2.24) is 9.55 Å². The first kappa shape index (κ1) is 28.0. The van der Waals surface area contributed by atoms with Gasteiger partial charge in [0.1, 0.15) is 22.3 Å². The highest BCUT2D eigenvalue weighted by molar-refractivity contribution is 6.24. The number of aromatic nitrogens is 2. The number of hydrogen-bond acceptors (Lipinski definition) is 3. The second-order valence-electron chi connectivity index (χ2n) is 13.1. The van der Waals surface area contributed by atoms with Crippen LogP contribution in [0.3, 0.4) is 0 Å². The normalized spacial score (nSPS) is 11.9. The van der Waals surface area contributed by atoms with Crippen LogP contribution < -0.4 is 0 Å². The van der Waals surface area contributed by atoms with E-state index in [1.54, 1.807) is 0 Å². The molecule has 0 atom stereocenters. The molecule has 0 radical (unpaired) electrons. The minimum absolute atomic E-state index is 0.865. The second kappa shape index (κ2) is 10.8. The largest absolute Gasteiger partial charge is 0.456 e. The summed E-state index contributed by atoms with van der Waals surface area (Å²) in [4.78, 5) is 5.24. The highest BCUT2D eigenvalue weighted by atomic mass is 16.3. The monoisotopic (exact) mass is 652 g/mol. The molecule has 0 N–H and O–H groups in total. The van der Waals surface area contributed by atoms with Crippen LogP contribution >= 0.6 is 0 Å². The maximum atomic E-state index is 7.05. The third-order valence-electron chi connectivity index (χ3n) is 10.2. The zero-order chi connectivity index (χ0) is 33.5. The summed E-state index contributed by atoms with van der Waals surface area (Å²) in [6.07, 6.45) is 0. The SMILES string of the molecule is c1ccc(-c2cc(-c3cccc4c3oc3c4ccc4c3c3ccccc3n4-c3ccccc3)cc(-c3ccc4oc5ccccc5c4c3)n2)cc1. The maximum absolute atomic E-state index is 7.05. The van der Waals surface area contributed by atoms with Crippen molar-refractivity contribution in [3.05, 3.63) is 170 Å². The molecule has 0 fully saturated rings. The summed E-state index contributed by atoms with van der Waals surface area (Å²) in [5, 5.41) is 6.66. The lowest BCUT2D eigenvalue weighted by Crippen LogP contribution is -1.92. The number of hydrogen-bond donors (Lipinski definition) is 0. The molecule has 0 aliphatic rings. The Morgan fingerprint density at radius 2 is 1.08 bits per heavy atom. The fraction of sp³-hybridized carbons (Fsp3) is 0. The van der Waals surface area contributed by atoms with E-state index in [1.807, 2.05) is 18.2 Å². The van der Waals surface area contributed by atoms with Crippen molar-refractivity contribution in [2.45, 2.75) is 0 Å². The molecule has 0 spiro atoms. The highest BCUT2D eigenvalue weighted by Gasteiger charge is 2.21. The van der Waals surface area contributed by atoms with E-state index in [2.05, 4.69) is 156 Å². The number of rotatable bonds is 4. The Morgan fingerprint density at radius 1 is 0.392 bits per heavy atom. The summed E-state index contributed by atoms with van der Waals surface area (Å²) in [6, 6.07) is 59.4. The van der Waals surface area contributed by atoms with Gasteiger partial charge in [0.2, 0.25) is 0 Å². The lowest BCUT2D eigenvalue weighted by Gasteiger charge is -2.11. The summed E-state index contributed by atoms with van der Waals surface area (Å²) < 4.78 is 15.5. The van der Waals surface area contributed by atoms with Gasteiger partial charge in [-0.2, -0.15) is 0 Å². The van der Waals surface area contributed by atoms with Gasteiger partial charge in [0.25, 0.3) is 0 Å². The zero-order valence-corrected chi connectivity index (χ0v) is 27.4. The summed E-state index contributed by atoms with van der Waals surface area (Å²) in [5.74, 6) is 0. The minimum atomic E-state index is 0.865. The molecule has 0 saturated heterocycles. The summed E-state index contributed by atoms with van der Waals surface area (Å²) in [7, 11) is 0. The van der Waals surface area contributed by atoms with Crippen LogP contribution in [-0.4, -0.2) is 9.55 Å². The zero-order valence-electron chi connectivity index (χ0n) is 27.4. The molecule has 0 amide bonds. The van der Waals surface area contributed by atoms with Crippen molar-refractivity contribution in [3.63, 3.8) is 0 Å². The van der Waals surface area contributed by atoms with Gasteiger partial charge in [0.05, 0.1) is 27.8 Å². The van der Waals surface area contributed by atoms with Crippen molar-refractivity contribution in [3.8, 4) is 39.3 Å². The third kappa shape index (κ3) is 4.23. The van der Waals surface area contributed by atoms with Gasteiger partial charge in [-0.3, -0.25) is 0 Å². The van der Waals surface area contributed by atoms with E-state index in [4.69, 9.17) is 13.8 Å². The van der Waals surface area contributed by atoms with Crippen LogP contribution in [0.15, 0.2) is 179 Å². The lowest BCUT2D eigenvalue weighted by atomic mass is 9.97. The molecule has 0 aliphatic heterocycles. The molecule has 4 heteroatoms. The fourth-order valence-corrected chi connectivity index (χ4v) is 7.87. The Morgan fingerprint density at radius 3 is 1.94 bits per heavy atom. The van der Waals surface area contributed by atoms with Crippen molar-refractivity contribution in [2.75, 3.05) is 0 Å². The van der Waals surface area contributed by atoms with Gasteiger partial charge in [0, 0.05) is 49.3 Å². The van der Waals surface area contributed by atoms with Gasteiger partial charge in [-0.25, -0.2) is 4.98 Å². The molecule has 4 nitrogen and oxygen atoms in total. The summed E-state index contributed by atoms with van der Waals surface area (Å²) >= 11 is 0. The fourth-order valence-electron chi connectivity index (χ4n) is 7.87. The first-order chi connectivity index (χ1) is 25.3. The van der Waals surface area contributed by atoms with E-state index in [-0.39, 0.29) is 0 Å². The van der Waals surface area contributed by atoms with Gasteiger partial charge in [-0.1, -0.05) is 103 Å². The predicted molar refractivity (Wildman–Crippen MR) is 209 cm³/mol. The van der Waals surface area contributed by atoms with Gasteiger partial charge < -0.3 is 13.4 Å².